The number of ether oxygens (including phenoxy) is 1. The number of alkyl halides is 1. The maximum atomic E-state index is 12.0. The van der Waals surface area contributed by atoms with Crippen LogP contribution in [0.3, 0.4) is 0 Å². The molecule has 0 aromatic heterocycles. The van der Waals surface area contributed by atoms with Crippen molar-refractivity contribution >= 4 is 23.5 Å². The number of fused-ring (bicyclic) bond motifs is 1. The first kappa shape index (κ1) is 13.9. The van der Waals surface area contributed by atoms with Gasteiger partial charge in [-0.2, -0.15) is 0 Å². The maximum absolute atomic E-state index is 12.0. The fourth-order valence-corrected chi connectivity index (χ4v) is 3.10. The summed E-state index contributed by atoms with van der Waals surface area (Å²) in [6, 6.07) is 0. The van der Waals surface area contributed by atoms with Crippen LogP contribution in [0.2, 0.25) is 0 Å². The van der Waals surface area contributed by atoms with Gasteiger partial charge >= 0.3 is 6.09 Å². The van der Waals surface area contributed by atoms with Crippen LogP contribution >= 0.6 is 11.6 Å². The number of nitrogens with one attached hydrogen (secondary N) is 1. The molecule has 1 amide bonds. The van der Waals surface area contributed by atoms with Gasteiger partial charge in [0.2, 0.25) is 0 Å². The van der Waals surface area contributed by atoms with Gasteiger partial charge in [0.15, 0.2) is 6.23 Å². The van der Waals surface area contributed by atoms with E-state index in [-0.39, 0.29) is 12.3 Å². The van der Waals surface area contributed by atoms with Crippen LogP contribution in [0.1, 0.15) is 20.8 Å². The van der Waals surface area contributed by atoms with Crippen molar-refractivity contribution in [2.24, 2.45) is 22.7 Å². The molecule has 4 atom stereocenters. The molecule has 1 aliphatic carbocycles. The van der Waals surface area contributed by atoms with Crippen LogP contribution in [0.5, 0.6) is 0 Å². The van der Waals surface area contributed by atoms with Crippen molar-refractivity contribution < 1.29 is 14.4 Å². The molecule has 0 radical (unpaired) electrons. The Morgan fingerprint density at radius 2 is 2.15 bits per heavy atom. The SMILES string of the molecule is CC(C)(C)OC(=O)N1C[C@@H]2C(C3=NC(CCl)ON3)[C@@H]2C1. The minimum absolute atomic E-state index is 0.223. The third kappa shape index (κ3) is 2.59. The first-order valence-corrected chi connectivity index (χ1v) is 7.46. The maximum Gasteiger partial charge on any atom is 0.410 e. The van der Waals surface area contributed by atoms with Gasteiger partial charge in [-0.1, -0.05) is 0 Å². The Labute approximate surface area is 123 Å². The molecule has 0 aromatic rings. The highest BCUT2D eigenvalue weighted by atomic mass is 35.5. The molecule has 2 unspecified atom stereocenters. The Hall–Kier alpha value is -1.01. The smallest absolute Gasteiger partial charge is 0.410 e. The van der Waals surface area contributed by atoms with E-state index in [9.17, 15) is 4.79 Å². The van der Waals surface area contributed by atoms with E-state index in [1.165, 1.54) is 0 Å². The van der Waals surface area contributed by atoms with Crippen molar-refractivity contribution in [3.8, 4) is 0 Å². The zero-order valence-corrected chi connectivity index (χ0v) is 12.7. The highest BCUT2D eigenvalue weighted by Gasteiger charge is 2.60. The largest absolute Gasteiger partial charge is 0.444 e. The molecule has 1 N–H and O–H groups in total. The van der Waals surface area contributed by atoms with Crippen molar-refractivity contribution in [1.29, 1.82) is 0 Å². The Balaban J connectivity index is 1.52. The summed E-state index contributed by atoms with van der Waals surface area (Å²) >= 11 is 5.70. The van der Waals surface area contributed by atoms with Gasteiger partial charge in [0.05, 0.1) is 5.88 Å². The molecule has 112 valence electrons. The number of hydroxylamine groups is 1. The van der Waals surface area contributed by atoms with E-state index in [4.69, 9.17) is 21.2 Å². The summed E-state index contributed by atoms with van der Waals surface area (Å²) in [6.07, 6.45) is -0.505. The Bertz CT molecular complexity index is 437. The topological polar surface area (TPSA) is 63.2 Å². The van der Waals surface area contributed by atoms with E-state index >= 15 is 0 Å². The van der Waals surface area contributed by atoms with E-state index in [2.05, 4.69) is 10.5 Å². The molecule has 2 heterocycles. The molecule has 6 nitrogen and oxygen atoms in total. The molecule has 7 heteroatoms. The van der Waals surface area contributed by atoms with Gasteiger partial charge in [-0.25, -0.2) is 14.6 Å². The summed E-state index contributed by atoms with van der Waals surface area (Å²) in [6.45, 7) is 7.11. The standard InChI is InChI=1S/C13H20ClN3O3/c1-13(2,3)19-12(18)17-5-7-8(6-17)10(7)11-15-9(4-14)20-16-11/h7-10H,4-6H2,1-3H3,(H,15,16)/t7-,8+,9?,10?. The number of carbonyl (C=O) groups excluding carboxylic acids is 1. The first-order chi connectivity index (χ1) is 9.39. The van der Waals surface area contributed by atoms with Gasteiger partial charge in [0.1, 0.15) is 11.4 Å². The molecular formula is C13H20ClN3O3. The van der Waals surface area contributed by atoms with Crippen LogP contribution in [0.15, 0.2) is 4.99 Å². The lowest BCUT2D eigenvalue weighted by atomic mass is 10.2. The number of likely N-dealkylation sites (tertiary alicyclic amines) is 1. The first-order valence-electron chi connectivity index (χ1n) is 6.92. The summed E-state index contributed by atoms with van der Waals surface area (Å²) in [5.74, 6) is 2.54. The second-order valence-corrected chi connectivity index (χ2v) is 6.89. The number of carbonyl (C=O) groups is 1. The highest BCUT2D eigenvalue weighted by molar-refractivity contribution is 6.18. The lowest BCUT2D eigenvalue weighted by molar-refractivity contribution is 0.0268. The number of amides is 1. The fourth-order valence-electron chi connectivity index (χ4n) is 2.96. The lowest BCUT2D eigenvalue weighted by Crippen LogP contribution is -2.38. The summed E-state index contributed by atoms with van der Waals surface area (Å²) in [5, 5.41) is 0. The van der Waals surface area contributed by atoms with Gasteiger partial charge in [-0.15, -0.1) is 11.6 Å². The van der Waals surface area contributed by atoms with Crippen molar-refractivity contribution in [3.05, 3.63) is 0 Å². The van der Waals surface area contributed by atoms with Gasteiger partial charge in [-0.3, -0.25) is 5.48 Å². The van der Waals surface area contributed by atoms with E-state index < -0.39 is 5.60 Å². The number of hydrogen-bond donors (Lipinski definition) is 1. The Morgan fingerprint density at radius 3 is 2.65 bits per heavy atom. The number of nitrogens with zero attached hydrogens (tertiary/aromatic N) is 2. The molecule has 2 fully saturated rings. The quantitative estimate of drug-likeness (QED) is 0.787. The van der Waals surface area contributed by atoms with E-state index in [0.717, 1.165) is 18.9 Å². The van der Waals surface area contributed by atoms with E-state index in [0.29, 0.717) is 23.6 Å². The number of hydrogen-bond acceptors (Lipinski definition) is 5. The van der Waals surface area contributed by atoms with Gasteiger partial charge in [0.25, 0.3) is 0 Å². The highest BCUT2D eigenvalue weighted by Crippen LogP contribution is 2.52. The van der Waals surface area contributed by atoms with Gasteiger partial charge in [-0.05, 0) is 32.6 Å². The third-order valence-electron chi connectivity index (χ3n) is 3.88. The van der Waals surface area contributed by atoms with E-state index in [1.807, 2.05) is 20.8 Å². The van der Waals surface area contributed by atoms with Crippen molar-refractivity contribution in [2.75, 3.05) is 19.0 Å². The molecule has 20 heavy (non-hydrogen) atoms. The molecule has 2 aliphatic heterocycles. The average molecular weight is 302 g/mol. The van der Waals surface area contributed by atoms with Crippen LogP contribution in [0.4, 0.5) is 4.79 Å². The molecule has 0 aromatic carbocycles. The minimum Gasteiger partial charge on any atom is -0.444 e. The van der Waals surface area contributed by atoms with Gasteiger partial charge < -0.3 is 9.64 Å². The minimum atomic E-state index is -0.443. The Morgan fingerprint density at radius 1 is 1.50 bits per heavy atom. The number of aliphatic imine (C=N–C) groups is 1. The average Bonchev–Trinajstić information content (AvgIpc) is 2.80. The van der Waals surface area contributed by atoms with Crippen LogP contribution in [-0.2, 0) is 9.57 Å². The molecular weight excluding hydrogens is 282 g/mol. The third-order valence-corrected chi connectivity index (χ3v) is 4.14. The van der Waals surface area contributed by atoms with E-state index in [1.54, 1.807) is 4.90 Å². The molecule has 0 spiro atoms. The van der Waals surface area contributed by atoms with Crippen LogP contribution in [0.25, 0.3) is 0 Å². The van der Waals surface area contributed by atoms with Gasteiger partial charge in [0, 0.05) is 19.0 Å². The second kappa shape index (κ2) is 4.77. The van der Waals surface area contributed by atoms with Crippen molar-refractivity contribution in [2.45, 2.75) is 32.6 Å². The van der Waals surface area contributed by atoms with Crippen LogP contribution in [0, 0.1) is 17.8 Å². The second-order valence-electron chi connectivity index (χ2n) is 6.58. The number of rotatable bonds is 2. The summed E-state index contributed by atoms with van der Waals surface area (Å²) < 4.78 is 5.38. The monoisotopic (exact) mass is 301 g/mol. The number of amidine groups is 1. The molecule has 3 aliphatic rings. The fraction of sp³-hybridized carbons (Fsp3) is 0.846. The molecule has 1 saturated carbocycles. The zero-order valence-electron chi connectivity index (χ0n) is 11.9. The normalized spacial score (nSPS) is 35.4. The summed E-state index contributed by atoms with van der Waals surface area (Å²) in [4.78, 5) is 23.4. The van der Waals surface area contributed by atoms with Crippen LogP contribution in [-0.4, -0.2) is 47.6 Å². The van der Waals surface area contributed by atoms with Crippen molar-refractivity contribution in [3.63, 3.8) is 0 Å². The summed E-state index contributed by atoms with van der Waals surface area (Å²) in [5.41, 5.74) is 2.42. The molecule has 3 rings (SSSR count). The lowest BCUT2D eigenvalue weighted by Gasteiger charge is -2.25. The van der Waals surface area contributed by atoms with Crippen LogP contribution < -0.4 is 5.48 Å². The summed E-state index contributed by atoms with van der Waals surface area (Å²) in [7, 11) is 0. The Kier molecular flexibility index (Phi) is 3.33. The van der Waals surface area contributed by atoms with Crippen molar-refractivity contribution in [1.82, 2.24) is 10.4 Å². The predicted octanol–water partition coefficient (Wildman–Crippen LogP) is 1.60. The predicted molar refractivity (Wildman–Crippen MR) is 74.4 cm³/mol. The number of piperidine rings is 1. The zero-order chi connectivity index (χ0) is 14.5. The number of halogens is 1. The molecule has 0 bridgehead atoms. The molecule has 1 saturated heterocycles.